The number of nitrogens with zero attached hydrogens (tertiary/aromatic N) is 2. The van der Waals surface area contributed by atoms with E-state index >= 15 is 0 Å². The number of aliphatic carboxylic acids is 3. The molecule has 2 saturated heterocycles. The minimum atomic E-state index is -1.91. The van der Waals surface area contributed by atoms with Gasteiger partial charge in [0, 0.05) is 25.9 Å². The molecular formula is C56H79N11O17. The van der Waals surface area contributed by atoms with Crippen LogP contribution in [0.4, 0.5) is 0 Å². The summed E-state index contributed by atoms with van der Waals surface area (Å²) < 4.78 is 0. The molecule has 84 heavy (non-hydrogen) atoms. The number of nitrogens with two attached hydrogens (primary N) is 1. The van der Waals surface area contributed by atoms with Gasteiger partial charge in [0.25, 0.3) is 0 Å². The SMILES string of the molecule is CC(C)[C@H](NC(=O)[C@H](CC(=O)O)NC(=O)[C@@H](NC(=O)[C@@H]1CCCN1C(=O)[C@@H](NC(=O)[C@@H](N)Cc1ccccc1)C(C)C)[C@@H](C)O)C(=O)NCC(=O)N1CCC[C@H]1C(=O)N[C@@H](CCC(=O)O)C(=O)N[C@@H](C)C(=O)N[C@@H](Cc1ccccc1)C(=O)O. The third-order valence-corrected chi connectivity index (χ3v) is 14.2. The fraction of sp³-hybridized carbons (Fsp3) is 0.554. The van der Waals surface area contributed by atoms with Gasteiger partial charge in [-0.3, -0.25) is 57.5 Å². The highest BCUT2D eigenvalue weighted by molar-refractivity contribution is 5.99. The van der Waals surface area contributed by atoms with Crippen molar-refractivity contribution in [3.63, 3.8) is 0 Å². The zero-order chi connectivity index (χ0) is 62.5. The molecule has 0 radical (unpaired) electrons. The maximum Gasteiger partial charge on any atom is 0.326 e. The lowest BCUT2D eigenvalue weighted by atomic mass is 10.00. The summed E-state index contributed by atoms with van der Waals surface area (Å²) >= 11 is 0. The number of hydrogen-bond donors (Lipinski definition) is 13. The van der Waals surface area contributed by atoms with E-state index in [1.54, 1.807) is 68.4 Å². The predicted octanol–water partition coefficient (Wildman–Crippen LogP) is -2.57. The second-order valence-corrected chi connectivity index (χ2v) is 21.6. The summed E-state index contributed by atoms with van der Waals surface area (Å²) in [7, 11) is 0. The van der Waals surface area contributed by atoms with Crippen LogP contribution in [0.25, 0.3) is 0 Å². The third kappa shape index (κ3) is 20.4. The topological polar surface area (TPSA) is 432 Å². The van der Waals surface area contributed by atoms with E-state index in [1.807, 2.05) is 6.07 Å². The largest absolute Gasteiger partial charge is 0.481 e. The lowest BCUT2D eigenvalue weighted by Gasteiger charge is -2.32. The molecule has 0 bridgehead atoms. The molecule has 10 amide bonds. The first-order chi connectivity index (χ1) is 39.6. The van der Waals surface area contributed by atoms with Crippen LogP contribution in [0.5, 0.6) is 0 Å². The summed E-state index contributed by atoms with van der Waals surface area (Å²) in [6.07, 6.45) is -2.74. The molecule has 0 aromatic heterocycles. The molecule has 2 aromatic carbocycles. The van der Waals surface area contributed by atoms with E-state index in [0.29, 0.717) is 18.4 Å². The monoisotopic (exact) mass is 1180 g/mol. The molecule has 2 fully saturated rings. The number of carbonyl (C=O) groups excluding carboxylic acids is 10. The highest BCUT2D eigenvalue weighted by Gasteiger charge is 2.42. The number of rotatable bonds is 31. The highest BCUT2D eigenvalue weighted by Crippen LogP contribution is 2.22. The van der Waals surface area contributed by atoms with Gasteiger partial charge in [-0.15, -0.1) is 0 Å². The minimum Gasteiger partial charge on any atom is -0.481 e. The lowest BCUT2D eigenvalue weighted by molar-refractivity contribution is -0.144. The van der Waals surface area contributed by atoms with Gasteiger partial charge in [-0.2, -0.15) is 0 Å². The second kappa shape index (κ2) is 32.4. The molecule has 2 heterocycles. The molecule has 4 rings (SSSR count). The summed E-state index contributed by atoms with van der Waals surface area (Å²) in [5, 5.41) is 58.9. The summed E-state index contributed by atoms with van der Waals surface area (Å²) in [6, 6.07) is 3.55. The number of carboxylic acids is 3. The number of amides is 10. The van der Waals surface area contributed by atoms with Crippen molar-refractivity contribution < 1.29 is 82.8 Å². The number of aliphatic hydroxyl groups is 1. The Morgan fingerprint density at radius 1 is 0.536 bits per heavy atom. The van der Waals surface area contributed by atoms with Gasteiger partial charge in [-0.25, -0.2) is 4.79 Å². The standard InChI is InChI=1S/C56H79N11O17/c1-29(2)44(53(80)58-28-41(69)66-23-13-19-39(66)51(78)60-36(21-22-42(70)71)49(76)59-31(5)47(74)62-38(56(83)84)26-34-17-11-8-12-18-34)63-50(77)37(27-43(72)73)61-54(81)46(32(6)68)65-52(79)40-20-14-24-67(40)55(82)45(30(3)4)64-48(75)35(57)25-33-15-9-7-10-16-33/h7-12,15-18,29-32,35-40,44-46,68H,13-14,19-28,57H2,1-6H3,(H,58,80)(H,59,76)(H,60,78)(H,61,81)(H,62,74)(H,63,77)(H,64,75)(H,65,79)(H,70,71)(H,72,73)(H,83,84)/t31-,32+,35-,36-,37-,38-,39-,40-,44-,45-,46-/m0/s1. The summed E-state index contributed by atoms with van der Waals surface area (Å²) in [5.74, 6) is -14.3. The van der Waals surface area contributed by atoms with Crippen molar-refractivity contribution in [3.8, 4) is 0 Å². The van der Waals surface area contributed by atoms with Crippen molar-refractivity contribution >= 4 is 77.0 Å². The number of likely N-dealkylation sites (tertiary alicyclic amines) is 2. The number of carboxylic acid groups (broad SMARTS) is 3. The van der Waals surface area contributed by atoms with E-state index in [-0.39, 0.29) is 38.8 Å². The summed E-state index contributed by atoms with van der Waals surface area (Å²) in [6.45, 7) is 8.21. The Balaban J connectivity index is 1.37. The molecular weight excluding hydrogens is 1100 g/mol. The summed E-state index contributed by atoms with van der Waals surface area (Å²) in [4.78, 5) is 174. The molecule has 0 spiro atoms. The van der Waals surface area contributed by atoms with Crippen LogP contribution in [-0.4, -0.2) is 193 Å². The van der Waals surface area contributed by atoms with Crippen molar-refractivity contribution in [1.82, 2.24) is 52.3 Å². The van der Waals surface area contributed by atoms with Crippen LogP contribution in [0.3, 0.4) is 0 Å². The van der Waals surface area contributed by atoms with Crippen LogP contribution >= 0.6 is 0 Å². The fourth-order valence-corrected chi connectivity index (χ4v) is 9.55. The molecule has 2 aliphatic heterocycles. The third-order valence-electron chi connectivity index (χ3n) is 14.2. The molecule has 14 N–H and O–H groups in total. The van der Waals surface area contributed by atoms with Gasteiger partial charge in [0.1, 0.15) is 54.4 Å². The average molecular weight is 1180 g/mol. The maximum absolute atomic E-state index is 14.0. The molecule has 2 aliphatic rings. The van der Waals surface area contributed by atoms with Crippen molar-refractivity contribution in [3.05, 3.63) is 71.8 Å². The van der Waals surface area contributed by atoms with Crippen LogP contribution in [0.15, 0.2) is 60.7 Å². The molecule has 0 unspecified atom stereocenters. The van der Waals surface area contributed by atoms with Crippen LogP contribution in [0.2, 0.25) is 0 Å². The van der Waals surface area contributed by atoms with Crippen LogP contribution in [0.1, 0.15) is 97.6 Å². The number of carbonyl (C=O) groups is 13. The Bertz CT molecular complexity index is 2690. The summed E-state index contributed by atoms with van der Waals surface area (Å²) in [5.41, 5.74) is 7.60. The van der Waals surface area contributed by atoms with E-state index in [1.165, 1.54) is 25.7 Å². The Labute approximate surface area is 485 Å². The molecule has 28 nitrogen and oxygen atoms in total. The number of nitrogens with one attached hydrogen (secondary N) is 8. The molecule has 11 atom stereocenters. The van der Waals surface area contributed by atoms with E-state index in [2.05, 4.69) is 42.5 Å². The number of aliphatic hydroxyl groups excluding tert-OH is 1. The zero-order valence-electron chi connectivity index (χ0n) is 47.8. The van der Waals surface area contributed by atoms with Gasteiger partial charge in [0.2, 0.25) is 59.1 Å². The number of hydrogen-bond acceptors (Lipinski definition) is 15. The molecule has 28 heteroatoms. The Morgan fingerprint density at radius 3 is 1.58 bits per heavy atom. The van der Waals surface area contributed by atoms with Crippen molar-refractivity contribution in [1.29, 1.82) is 0 Å². The number of benzene rings is 2. The average Bonchev–Trinajstić information content (AvgIpc) is 4.11. The van der Waals surface area contributed by atoms with Gasteiger partial charge in [-0.05, 0) is 75.3 Å². The van der Waals surface area contributed by atoms with E-state index in [9.17, 15) is 82.8 Å². The van der Waals surface area contributed by atoms with Gasteiger partial charge >= 0.3 is 17.9 Å². The van der Waals surface area contributed by atoms with Gasteiger partial charge in [0.05, 0.1) is 25.1 Å². The lowest BCUT2D eigenvalue weighted by Crippen LogP contribution is -2.62. The normalized spacial score (nSPS) is 18.0. The van der Waals surface area contributed by atoms with Gasteiger partial charge in [0.15, 0.2) is 0 Å². The smallest absolute Gasteiger partial charge is 0.326 e. The minimum absolute atomic E-state index is 0.0132. The van der Waals surface area contributed by atoms with E-state index < -0.39 is 181 Å². The Kier molecular flexibility index (Phi) is 26.2. The highest BCUT2D eigenvalue weighted by atomic mass is 16.4. The van der Waals surface area contributed by atoms with E-state index in [4.69, 9.17) is 5.73 Å². The first kappa shape index (κ1) is 68.0. The van der Waals surface area contributed by atoms with Crippen LogP contribution < -0.4 is 48.3 Å². The first-order valence-corrected chi connectivity index (χ1v) is 27.8. The van der Waals surface area contributed by atoms with Gasteiger partial charge < -0.3 is 78.5 Å². The first-order valence-electron chi connectivity index (χ1n) is 27.8. The van der Waals surface area contributed by atoms with Crippen LogP contribution in [-0.2, 0) is 75.2 Å². The molecule has 2 aromatic rings. The van der Waals surface area contributed by atoms with Crippen LogP contribution in [0, 0.1) is 11.8 Å². The predicted molar refractivity (Wildman–Crippen MR) is 298 cm³/mol. The zero-order valence-corrected chi connectivity index (χ0v) is 47.8. The fourth-order valence-electron chi connectivity index (χ4n) is 9.55. The maximum atomic E-state index is 14.0. The van der Waals surface area contributed by atoms with Gasteiger partial charge in [-0.1, -0.05) is 88.4 Å². The Hall–Kier alpha value is -8.53. The van der Waals surface area contributed by atoms with Crippen molar-refractivity contribution in [2.75, 3.05) is 19.6 Å². The Morgan fingerprint density at radius 2 is 1.05 bits per heavy atom. The quantitative estimate of drug-likeness (QED) is 0.0369. The van der Waals surface area contributed by atoms with E-state index in [0.717, 1.165) is 17.4 Å². The molecule has 460 valence electrons. The van der Waals surface area contributed by atoms with Crippen molar-refractivity contribution in [2.45, 2.75) is 166 Å². The molecule has 0 aliphatic carbocycles. The molecule has 0 saturated carbocycles. The second-order valence-electron chi connectivity index (χ2n) is 21.6. The van der Waals surface area contributed by atoms with Crippen molar-refractivity contribution in [2.24, 2.45) is 17.6 Å².